The summed E-state index contributed by atoms with van der Waals surface area (Å²) in [5.41, 5.74) is 4.01. The van der Waals surface area contributed by atoms with Gasteiger partial charge in [-0.3, -0.25) is 4.79 Å². The van der Waals surface area contributed by atoms with Crippen LogP contribution in [-0.2, 0) is 6.54 Å². The molecular weight excluding hydrogens is 302 g/mol. The van der Waals surface area contributed by atoms with E-state index in [9.17, 15) is 4.79 Å². The second kappa shape index (κ2) is 6.02. The molecule has 0 amide bonds. The first-order valence-electron chi connectivity index (χ1n) is 6.11. The van der Waals surface area contributed by atoms with Crippen LogP contribution in [-0.4, -0.2) is 13.3 Å². The molecule has 2 aromatic rings. The van der Waals surface area contributed by atoms with E-state index in [0.29, 0.717) is 0 Å². The molecule has 0 saturated carbocycles. The van der Waals surface area contributed by atoms with Gasteiger partial charge >= 0.3 is 0 Å². The molecule has 2 rings (SSSR count). The molecule has 0 heterocycles. The summed E-state index contributed by atoms with van der Waals surface area (Å²) in [6, 6.07) is 14.2. The zero-order chi connectivity index (χ0) is 13.8. The van der Waals surface area contributed by atoms with Crippen molar-refractivity contribution in [2.45, 2.75) is 13.5 Å². The van der Waals surface area contributed by atoms with Gasteiger partial charge in [-0.1, -0.05) is 39.7 Å². The lowest BCUT2D eigenvalue weighted by atomic mass is 10.1. The van der Waals surface area contributed by atoms with Gasteiger partial charge in [0, 0.05) is 29.3 Å². The predicted octanol–water partition coefficient (Wildman–Crippen LogP) is 4.21. The SMILES string of the molecule is Cc1ccc(N(C)Cc2ccc(Br)cc2)c(C=O)c1. The van der Waals surface area contributed by atoms with E-state index in [1.54, 1.807) is 0 Å². The Kier molecular flexibility index (Phi) is 4.38. The van der Waals surface area contributed by atoms with Gasteiger partial charge in [0.2, 0.25) is 0 Å². The lowest BCUT2D eigenvalue weighted by Gasteiger charge is -2.21. The van der Waals surface area contributed by atoms with Crippen molar-refractivity contribution in [1.29, 1.82) is 0 Å². The zero-order valence-electron chi connectivity index (χ0n) is 11.1. The molecule has 98 valence electrons. The zero-order valence-corrected chi connectivity index (χ0v) is 12.6. The van der Waals surface area contributed by atoms with Gasteiger partial charge in [-0.05, 0) is 36.8 Å². The number of carbonyl (C=O) groups is 1. The van der Waals surface area contributed by atoms with E-state index in [1.807, 2.05) is 44.3 Å². The van der Waals surface area contributed by atoms with Crippen LogP contribution < -0.4 is 4.90 Å². The van der Waals surface area contributed by atoms with Crippen LogP contribution in [0.3, 0.4) is 0 Å². The van der Waals surface area contributed by atoms with Gasteiger partial charge in [-0.15, -0.1) is 0 Å². The van der Waals surface area contributed by atoms with Gasteiger partial charge in [0.15, 0.2) is 6.29 Å². The van der Waals surface area contributed by atoms with Crippen molar-refractivity contribution in [2.75, 3.05) is 11.9 Å². The molecule has 2 nitrogen and oxygen atoms in total. The Labute approximate surface area is 122 Å². The Bertz CT molecular complexity index is 578. The second-order valence-electron chi connectivity index (χ2n) is 4.66. The van der Waals surface area contributed by atoms with Crippen molar-refractivity contribution in [1.82, 2.24) is 0 Å². The Hall–Kier alpha value is -1.61. The van der Waals surface area contributed by atoms with Gasteiger partial charge in [0.25, 0.3) is 0 Å². The maximum Gasteiger partial charge on any atom is 0.152 e. The van der Waals surface area contributed by atoms with Crippen LogP contribution in [0.5, 0.6) is 0 Å². The number of benzene rings is 2. The Morgan fingerprint density at radius 1 is 1.16 bits per heavy atom. The number of hydrogen-bond donors (Lipinski definition) is 0. The largest absolute Gasteiger partial charge is 0.370 e. The summed E-state index contributed by atoms with van der Waals surface area (Å²) in [6.07, 6.45) is 0.917. The molecule has 0 aromatic heterocycles. The Morgan fingerprint density at radius 3 is 2.47 bits per heavy atom. The van der Waals surface area contributed by atoms with Crippen molar-refractivity contribution in [2.24, 2.45) is 0 Å². The molecule has 2 aromatic carbocycles. The third-order valence-corrected chi connectivity index (χ3v) is 3.58. The van der Waals surface area contributed by atoms with Gasteiger partial charge in [0.1, 0.15) is 0 Å². The van der Waals surface area contributed by atoms with E-state index in [0.717, 1.165) is 34.1 Å². The first-order chi connectivity index (χ1) is 9.10. The fraction of sp³-hybridized carbons (Fsp3) is 0.188. The molecule has 0 bridgehead atoms. The lowest BCUT2D eigenvalue weighted by Crippen LogP contribution is -2.18. The van der Waals surface area contributed by atoms with E-state index < -0.39 is 0 Å². The summed E-state index contributed by atoms with van der Waals surface area (Å²) in [5, 5.41) is 0. The third-order valence-electron chi connectivity index (χ3n) is 3.05. The van der Waals surface area contributed by atoms with Crippen LogP contribution in [0.4, 0.5) is 5.69 Å². The van der Waals surface area contributed by atoms with Crippen molar-refractivity contribution < 1.29 is 4.79 Å². The van der Waals surface area contributed by atoms with Crippen LogP contribution in [0, 0.1) is 6.92 Å². The monoisotopic (exact) mass is 317 g/mol. The maximum atomic E-state index is 11.1. The van der Waals surface area contributed by atoms with Crippen LogP contribution in [0.15, 0.2) is 46.9 Å². The molecule has 0 aliphatic heterocycles. The standard InChI is InChI=1S/C16H16BrNO/c1-12-3-8-16(14(9-12)11-19)18(2)10-13-4-6-15(17)7-5-13/h3-9,11H,10H2,1-2H3. The summed E-state index contributed by atoms with van der Waals surface area (Å²) in [4.78, 5) is 13.2. The molecule has 0 N–H and O–H groups in total. The highest BCUT2D eigenvalue weighted by Crippen LogP contribution is 2.21. The van der Waals surface area contributed by atoms with E-state index in [-0.39, 0.29) is 0 Å². The van der Waals surface area contributed by atoms with Crippen molar-refractivity contribution in [3.05, 3.63) is 63.6 Å². The minimum absolute atomic E-state index is 0.736. The fourth-order valence-corrected chi connectivity index (χ4v) is 2.33. The minimum atomic E-state index is 0.736. The summed E-state index contributed by atoms with van der Waals surface area (Å²) in [6.45, 7) is 2.77. The summed E-state index contributed by atoms with van der Waals surface area (Å²) < 4.78 is 1.07. The number of aryl methyl sites for hydroxylation is 1. The molecule has 0 atom stereocenters. The molecule has 3 heteroatoms. The Balaban J connectivity index is 2.22. The molecule has 0 aliphatic carbocycles. The molecular formula is C16H16BrNO. The maximum absolute atomic E-state index is 11.1. The third kappa shape index (κ3) is 3.44. The first-order valence-corrected chi connectivity index (χ1v) is 6.91. The first kappa shape index (κ1) is 13.8. The smallest absolute Gasteiger partial charge is 0.152 e. The molecule has 0 aliphatic rings. The van der Waals surface area contributed by atoms with Gasteiger partial charge in [-0.2, -0.15) is 0 Å². The predicted molar refractivity (Wildman–Crippen MR) is 82.8 cm³/mol. The number of rotatable bonds is 4. The number of anilines is 1. The van der Waals surface area contributed by atoms with E-state index in [1.165, 1.54) is 5.56 Å². The van der Waals surface area contributed by atoms with E-state index in [2.05, 4.69) is 33.0 Å². The molecule has 19 heavy (non-hydrogen) atoms. The molecule has 0 saturated heterocycles. The highest BCUT2D eigenvalue weighted by Gasteiger charge is 2.07. The fourth-order valence-electron chi connectivity index (χ4n) is 2.06. The lowest BCUT2D eigenvalue weighted by molar-refractivity contribution is 0.112. The summed E-state index contributed by atoms with van der Waals surface area (Å²) in [5.74, 6) is 0. The van der Waals surface area contributed by atoms with Crippen LogP contribution in [0.1, 0.15) is 21.5 Å². The number of nitrogens with zero attached hydrogens (tertiary/aromatic N) is 1. The number of carbonyl (C=O) groups excluding carboxylic acids is 1. The van der Waals surface area contributed by atoms with Crippen LogP contribution in [0.2, 0.25) is 0 Å². The highest BCUT2D eigenvalue weighted by molar-refractivity contribution is 9.10. The topological polar surface area (TPSA) is 20.3 Å². The van der Waals surface area contributed by atoms with Crippen molar-refractivity contribution >= 4 is 27.9 Å². The van der Waals surface area contributed by atoms with Gasteiger partial charge in [0.05, 0.1) is 0 Å². The average molecular weight is 318 g/mol. The van der Waals surface area contributed by atoms with E-state index in [4.69, 9.17) is 0 Å². The second-order valence-corrected chi connectivity index (χ2v) is 5.58. The molecule has 0 unspecified atom stereocenters. The van der Waals surface area contributed by atoms with Gasteiger partial charge < -0.3 is 4.90 Å². The van der Waals surface area contributed by atoms with Crippen LogP contribution in [0.25, 0.3) is 0 Å². The quantitative estimate of drug-likeness (QED) is 0.787. The summed E-state index contributed by atoms with van der Waals surface area (Å²) in [7, 11) is 2.00. The number of aldehydes is 1. The van der Waals surface area contributed by atoms with Crippen LogP contribution >= 0.6 is 15.9 Å². The molecule has 0 fully saturated rings. The van der Waals surface area contributed by atoms with Gasteiger partial charge in [-0.25, -0.2) is 0 Å². The minimum Gasteiger partial charge on any atom is -0.370 e. The van der Waals surface area contributed by atoms with Crippen molar-refractivity contribution in [3.63, 3.8) is 0 Å². The summed E-state index contributed by atoms with van der Waals surface area (Å²) >= 11 is 3.43. The molecule has 0 spiro atoms. The Morgan fingerprint density at radius 2 is 1.84 bits per heavy atom. The highest BCUT2D eigenvalue weighted by atomic mass is 79.9. The number of hydrogen-bond acceptors (Lipinski definition) is 2. The molecule has 0 radical (unpaired) electrons. The normalized spacial score (nSPS) is 10.3. The van der Waals surface area contributed by atoms with Crippen molar-refractivity contribution in [3.8, 4) is 0 Å². The number of halogens is 1. The average Bonchev–Trinajstić information content (AvgIpc) is 2.41. The van der Waals surface area contributed by atoms with E-state index >= 15 is 0 Å².